The fourth-order valence-electron chi connectivity index (χ4n) is 2.26. The van der Waals surface area contributed by atoms with Crippen LogP contribution in [0, 0.1) is 5.41 Å². The highest BCUT2D eigenvalue weighted by atomic mass is 16.5. The van der Waals surface area contributed by atoms with Crippen molar-refractivity contribution in [2.45, 2.75) is 52.6 Å². The van der Waals surface area contributed by atoms with Crippen LogP contribution in [0.15, 0.2) is 0 Å². The topological polar surface area (TPSA) is 12.5 Å². The van der Waals surface area contributed by atoms with E-state index < -0.39 is 0 Å². The molecule has 0 bridgehead atoms. The first-order valence-corrected chi connectivity index (χ1v) is 6.47. The molecule has 2 fully saturated rings. The molecule has 2 rings (SSSR count). The molecule has 1 aliphatic carbocycles. The molecule has 0 spiro atoms. The summed E-state index contributed by atoms with van der Waals surface area (Å²) in [4.78, 5) is 2.59. The van der Waals surface area contributed by atoms with Crippen molar-refractivity contribution in [3.63, 3.8) is 0 Å². The molecule has 1 aliphatic heterocycles. The average molecular weight is 213 g/mol. The zero-order valence-electron chi connectivity index (χ0n) is 10.9. The van der Waals surface area contributed by atoms with Crippen molar-refractivity contribution >= 4 is 0 Å². The summed E-state index contributed by atoms with van der Waals surface area (Å²) in [6.07, 6.45) is 5.93. The number of likely N-dealkylation sites (tertiary alicyclic amines) is 1. The lowest BCUT2D eigenvalue weighted by molar-refractivity contribution is 0.0252. The van der Waals surface area contributed by atoms with E-state index in [0.29, 0.717) is 11.5 Å². The van der Waals surface area contributed by atoms with Gasteiger partial charge in [0.1, 0.15) is 0 Å². The second kappa shape index (κ2) is 5.86. The highest BCUT2D eigenvalue weighted by Crippen LogP contribution is 2.45. The molecule has 0 aromatic rings. The zero-order valence-corrected chi connectivity index (χ0v) is 10.9. The molecule has 1 saturated carbocycles. The van der Waals surface area contributed by atoms with E-state index in [2.05, 4.69) is 11.8 Å². The highest BCUT2D eigenvalue weighted by Gasteiger charge is 2.39. The molecule has 0 aromatic carbocycles. The van der Waals surface area contributed by atoms with Crippen LogP contribution in [0.2, 0.25) is 0 Å². The summed E-state index contributed by atoms with van der Waals surface area (Å²) in [5, 5.41) is 0. The third kappa shape index (κ3) is 4.12. The van der Waals surface area contributed by atoms with Crippen LogP contribution in [-0.4, -0.2) is 37.7 Å². The van der Waals surface area contributed by atoms with E-state index in [9.17, 15) is 0 Å². The molecule has 0 N–H and O–H groups in total. The number of piperidine rings is 1. The van der Waals surface area contributed by atoms with Crippen LogP contribution in [-0.2, 0) is 4.74 Å². The van der Waals surface area contributed by atoms with Gasteiger partial charge in [0.05, 0.1) is 6.10 Å². The van der Waals surface area contributed by atoms with Gasteiger partial charge in [0.25, 0.3) is 0 Å². The maximum absolute atomic E-state index is 5.41. The summed E-state index contributed by atoms with van der Waals surface area (Å²) < 4.78 is 5.41. The first-order valence-electron chi connectivity index (χ1n) is 6.47. The second-order valence-electron chi connectivity index (χ2n) is 5.05. The van der Waals surface area contributed by atoms with E-state index in [1.54, 1.807) is 0 Å². The predicted octanol–water partition coefficient (Wildman–Crippen LogP) is 2.92. The second-order valence-corrected chi connectivity index (χ2v) is 5.05. The summed E-state index contributed by atoms with van der Waals surface area (Å²) >= 11 is 0. The van der Waals surface area contributed by atoms with Crippen molar-refractivity contribution in [2.24, 2.45) is 5.41 Å². The van der Waals surface area contributed by atoms with Gasteiger partial charge in [0.15, 0.2) is 0 Å². The maximum Gasteiger partial charge on any atom is 0.0698 e. The van der Waals surface area contributed by atoms with Crippen LogP contribution >= 0.6 is 0 Å². The summed E-state index contributed by atoms with van der Waals surface area (Å²) in [5.74, 6) is 0. The molecule has 1 unspecified atom stereocenters. The van der Waals surface area contributed by atoms with Crippen molar-refractivity contribution < 1.29 is 4.74 Å². The van der Waals surface area contributed by atoms with Crippen LogP contribution in [0.25, 0.3) is 0 Å². The minimum absolute atomic E-state index is 0.496. The molecular weight excluding hydrogens is 186 g/mol. The number of rotatable bonds is 3. The molecule has 2 heteroatoms. The minimum atomic E-state index is 0.496. The number of methoxy groups -OCH3 is 1. The fourth-order valence-corrected chi connectivity index (χ4v) is 2.26. The van der Waals surface area contributed by atoms with Gasteiger partial charge in [0.2, 0.25) is 0 Å². The van der Waals surface area contributed by atoms with Gasteiger partial charge in [0, 0.05) is 20.2 Å². The van der Waals surface area contributed by atoms with Crippen LogP contribution in [0.3, 0.4) is 0 Å². The van der Waals surface area contributed by atoms with Crippen LogP contribution in [0.1, 0.15) is 46.5 Å². The van der Waals surface area contributed by atoms with E-state index in [1.807, 2.05) is 21.0 Å². The van der Waals surface area contributed by atoms with Crippen molar-refractivity contribution in [3.05, 3.63) is 0 Å². The van der Waals surface area contributed by atoms with Crippen molar-refractivity contribution in [2.75, 3.05) is 26.7 Å². The number of hydrogen-bond donors (Lipinski definition) is 0. The lowest BCUT2D eigenvalue weighted by Gasteiger charge is -2.33. The van der Waals surface area contributed by atoms with E-state index in [-0.39, 0.29) is 0 Å². The van der Waals surface area contributed by atoms with E-state index in [1.165, 1.54) is 38.8 Å². The molecular formula is C13H27NO. The maximum atomic E-state index is 5.41. The Kier molecular flexibility index (Phi) is 5.07. The Balaban J connectivity index is 0.000000531. The molecule has 1 heterocycles. The lowest BCUT2D eigenvalue weighted by Crippen LogP contribution is -2.41. The van der Waals surface area contributed by atoms with Gasteiger partial charge < -0.3 is 9.64 Å². The summed E-state index contributed by atoms with van der Waals surface area (Å²) in [6.45, 7) is 10.2. The number of hydrogen-bond acceptors (Lipinski definition) is 2. The largest absolute Gasteiger partial charge is 0.380 e. The molecule has 0 aromatic heterocycles. The normalized spacial score (nSPS) is 29.2. The first-order chi connectivity index (χ1) is 7.22. The molecule has 15 heavy (non-hydrogen) atoms. The van der Waals surface area contributed by atoms with Crippen molar-refractivity contribution in [1.82, 2.24) is 4.90 Å². The van der Waals surface area contributed by atoms with Gasteiger partial charge in [-0.25, -0.2) is 0 Å². The molecule has 1 atom stereocenters. The zero-order chi connectivity index (χ0) is 11.3. The monoisotopic (exact) mass is 213 g/mol. The van der Waals surface area contributed by atoms with Gasteiger partial charge in [-0.2, -0.15) is 0 Å². The Morgan fingerprint density at radius 1 is 1.33 bits per heavy atom. The molecule has 2 aliphatic rings. The summed E-state index contributed by atoms with van der Waals surface area (Å²) in [6, 6.07) is 0. The Labute approximate surface area is 95.0 Å². The molecule has 0 amide bonds. The highest BCUT2D eigenvalue weighted by molar-refractivity contribution is 4.92. The third-order valence-electron chi connectivity index (χ3n) is 3.50. The van der Waals surface area contributed by atoms with E-state index in [0.717, 1.165) is 6.54 Å². The van der Waals surface area contributed by atoms with Gasteiger partial charge in [-0.05, 0) is 37.6 Å². The van der Waals surface area contributed by atoms with E-state index >= 15 is 0 Å². The lowest BCUT2D eigenvalue weighted by atomic mass is 10.0. The molecule has 90 valence electrons. The fraction of sp³-hybridized carbons (Fsp3) is 1.00. The molecule has 1 saturated heterocycles. The van der Waals surface area contributed by atoms with E-state index in [4.69, 9.17) is 4.74 Å². The Bertz CT molecular complexity index is 177. The Morgan fingerprint density at radius 3 is 2.53 bits per heavy atom. The number of nitrogens with zero attached hydrogens (tertiary/aromatic N) is 1. The SMILES string of the molecule is CC.COC1CCCN(CC2(C)CC2)C1. The first kappa shape index (κ1) is 13.0. The Hall–Kier alpha value is -0.0800. The Morgan fingerprint density at radius 2 is 2.00 bits per heavy atom. The predicted molar refractivity (Wildman–Crippen MR) is 65.2 cm³/mol. The van der Waals surface area contributed by atoms with Crippen LogP contribution in [0.4, 0.5) is 0 Å². The molecule has 0 radical (unpaired) electrons. The van der Waals surface area contributed by atoms with Gasteiger partial charge in [-0.1, -0.05) is 20.8 Å². The van der Waals surface area contributed by atoms with Crippen molar-refractivity contribution in [3.8, 4) is 0 Å². The average Bonchev–Trinajstić information content (AvgIpc) is 2.99. The minimum Gasteiger partial charge on any atom is -0.380 e. The van der Waals surface area contributed by atoms with Gasteiger partial charge >= 0.3 is 0 Å². The van der Waals surface area contributed by atoms with Crippen LogP contribution < -0.4 is 0 Å². The standard InChI is InChI=1S/C11H21NO.C2H6/c1-11(5-6-11)9-12-7-3-4-10(8-12)13-2;1-2/h10H,3-9H2,1-2H3;1-2H3. The van der Waals surface area contributed by atoms with Crippen LogP contribution in [0.5, 0.6) is 0 Å². The quantitative estimate of drug-likeness (QED) is 0.714. The van der Waals surface area contributed by atoms with Gasteiger partial charge in [-0.3, -0.25) is 0 Å². The van der Waals surface area contributed by atoms with Crippen molar-refractivity contribution in [1.29, 1.82) is 0 Å². The summed E-state index contributed by atoms with van der Waals surface area (Å²) in [7, 11) is 1.84. The number of ether oxygens (including phenoxy) is 1. The smallest absolute Gasteiger partial charge is 0.0698 e. The third-order valence-corrected chi connectivity index (χ3v) is 3.50. The van der Waals surface area contributed by atoms with Gasteiger partial charge in [-0.15, -0.1) is 0 Å². The molecule has 2 nitrogen and oxygen atoms in total. The summed E-state index contributed by atoms with van der Waals surface area (Å²) in [5.41, 5.74) is 0.662.